The maximum Gasteiger partial charge on any atom is 0.133 e. The Morgan fingerprint density at radius 3 is 2.61 bits per heavy atom. The zero-order valence-corrected chi connectivity index (χ0v) is 22.8. The lowest BCUT2D eigenvalue weighted by Gasteiger charge is -2.58. The number of fused-ring (bicyclic) bond motifs is 5. The van der Waals surface area contributed by atoms with Crippen molar-refractivity contribution in [2.24, 2.45) is 46.3 Å². The number of unbranched alkanes of at least 4 members (excludes halogenated alkanes) is 2. The van der Waals surface area contributed by atoms with E-state index in [0.29, 0.717) is 22.5 Å². The van der Waals surface area contributed by atoms with E-state index < -0.39 is 0 Å². The van der Waals surface area contributed by atoms with Crippen molar-refractivity contribution < 1.29 is 4.79 Å². The van der Waals surface area contributed by atoms with Crippen molar-refractivity contribution in [2.45, 2.75) is 137 Å². The summed E-state index contributed by atoms with van der Waals surface area (Å²) < 4.78 is 0. The molecule has 4 rings (SSSR count). The summed E-state index contributed by atoms with van der Waals surface area (Å²) in [5.41, 5.74) is 2.81. The Morgan fingerprint density at radius 2 is 1.85 bits per heavy atom. The molecule has 0 aromatic heterocycles. The van der Waals surface area contributed by atoms with Crippen molar-refractivity contribution in [2.75, 3.05) is 0 Å². The van der Waals surface area contributed by atoms with Crippen LogP contribution in [0.4, 0.5) is 0 Å². The highest BCUT2D eigenvalue weighted by molar-refractivity contribution is 5.78. The summed E-state index contributed by atoms with van der Waals surface area (Å²) in [6.07, 6.45) is 23.5. The van der Waals surface area contributed by atoms with Gasteiger partial charge in [0.1, 0.15) is 5.78 Å². The van der Waals surface area contributed by atoms with Gasteiger partial charge in [-0.2, -0.15) is 0 Å². The molecule has 7 unspecified atom stereocenters. The van der Waals surface area contributed by atoms with Crippen molar-refractivity contribution >= 4 is 5.78 Å². The van der Waals surface area contributed by atoms with Gasteiger partial charge in [0.05, 0.1) is 0 Å². The second-order valence-electron chi connectivity index (χ2n) is 13.7. The third kappa shape index (κ3) is 5.18. The van der Waals surface area contributed by atoms with Gasteiger partial charge < -0.3 is 0 Å². The summed E-state index contributed by atoms with van der Waals surface area (Å²) in [6, 6.07) is 0. The van der Waals surface area contributed by atoms with Crippen molar-refractivity contribution in [1.82, 2.24) is 0 Å². The lowest BCUT2D eigenvalue weighted by atomic mass is 9.46. The number of hydrogen-bond acceptors (Lipinski definition) is 1. The van der Waals surface area contributed by atoms with Gasteiger partial charge in [-0.25, -0.2) is 0 Å². The van der Waals surface area contributed by atoms with Crippen LogP contribution in [-0.2, 0) is 4.79 Å². The van der Waals surface area contributed by atoms with Crippen molar-refractivity contribution in [3.8, 4) is 0 Å². The summed E-state index contributed by atoms with van der Waals surface area (Å²) in [5.74, 6) is 5.81. The summed E-state index contributed by atoms with van der Waals surface area (Å²) in [7, 11) is 0. The Bertz CT molecular complexity index is 703. The van der Waals surface area contributed by atoms with Gasteiger partial charge in [0.25, 0.3) is 0 Å². The third-order valence-electron chi connectivity index (χ3n) is 11.3. The van der Waals surface area contributed by atoms with Crippen LogP contribution in [0.2, 0.25) is 0 Å². The highest BCUT2D eigenvalue weighted by Crippen LogP contribution is 2.67. The molecule has 4 aliphatic carbocycles. The van der Waals surface area contributed by atoms with Gasteiger partial charge in [0.2, 0.25) is 0 Å². The smallest absolute Gasteiger partial charge is 0.133 e. The molecule has 0 N–H and O–H groups in total. The maximum atomic E-state index is 12.4. The van der Waals surface area contributed by atoms with Crippen LogP contribution in [0.1, 0.15) is 137 Å². The Balaban J connectivity index is 1.39. The predicted molar refractivity (Wildman–Crippen MR) is 141 cm³/mol. The van der Waals surface area contributed by atoms with E-state index >= 15 is 0 Å². The first-order chi connectivity index (χ1) is 15.8. The van der Waals surface area contributed by atoms with Gasteiger partial charge >= 0.3 is 0 Å². The van der Waals surface area contributed by atoms with E-state index in [2.05, 4.69) is 40.7 Å². The van der Waals surface area contributed by atoms with Crippen LogP contribution >= 0.6 is 0 Å². The fourth-order valence-corrected chi connectivity index (χ4v) is 9.23. The van der Waals surface area contributed by atoms with E-state index in [-0.39, 0.29) is 0 Å². The number of carbonyl (C=O) groups is 1. The van der Waals surface area contributed by atoms with Gasteiger partial charge in [0, 0.05) is 12.8 Å². The van der Waals surface area contributed by atoms with Gasteiger partial charge in [-0.05, 0) is 111 Å². The summed E-state index contributed by atoms with van der Waals surface area (Å²) >= 11 is 0. The number of Topliss-reactive ketones (excluding diaryl/α,β-unsaturated/α-hetero) is 1. The van der Waals surface area contributed by atoms with E-state index in [1.807, 2.05) is 0 Å². The largest absolute Gasteiger partial charge is 0.300 e. The predicted octanol–water partition coefficient (Wildman–Crippen LogP) is 9.55. The highest BCUT2D eigenvalue weighted by atomic mass is 16.1. The van der Waals surface area contributed by atoms with E-state index in [1.54, 1.807) is 5.57 Å². The Labute approximate surface area is 206 Å². The zero-order chi connectivity index (χ0) is 23.6. The normalized spacial score (nSPS) is 40.2. The number of rotatable bonds is 10. The molecule has 1 heteroatoms. The molecule has 0 heterocycles. The minimum atomic E-state index is 0.433. The number of allylic oxidation sites excluding steroid dienone is 2. The minimum absolute atomic E-state index is 0.433. The molecule has 0 amide bonds. The molecule has 0 aromatic carbocycles. The molecule has 3 fully saturated rings. The number of carbonyl (C=O) groups excluding carboxylic acids is 1. The molecular formula is C32H54O. The first-order valence-corrected chi connectivity index (χ1v) is 15.0. The van der Waals surface area contributed by atoms with Crippen LogP contribution in [0.25, 0.3) is 0 Å². The van der Waals surface area contributed by atoms with E-state index in [1.165, 1.54) is 77.0 Å². The molecule has 0 saturated heterocycles. The molecule has 4 aliphatic rings. The van der Waals surface area contributed by atoms with Crippen LogP contribution in [-0.4, -0.2) is 5.78 Å². The average molecular weight is 455 g/mol. The molecule has 1 nitrogen and oxygen atoms in total. The molecular weight excluding hydrogens is 400 g/mol. The first kappa shape index (κ1) is 25.5. The fourth-order valence-electron chi connectivity index (χ4n) is 9.23. The molecule has 188 valence electrons. The second-order valence-corrected chi connectivity index (χ2v) is 13.7. The third-order valence-corrected chi connectivity index (χ3v) is 11.3. The lowest BCUT2D eigenvalue weighted by molar-refractivity contribution is -0.120. The average Bonchev–Trinajstić information content (AvgIpc) is 3.11. The van der Waals surface area contributed by atoms with Gasteiger partial charge in [-0.3, -0.25) is 4.79 Å². The van der Waals surface area contributed by atoms with Crippen LogP contribution in [0.3, 0.4) is 0 Å². The van der Waals surface area contributed by atoms with Crippen LogP contribution in [0.5, 0.6) is 0 Å². The van der Waals surface area contributed by atoms with Gasteiger partial charge in [-0.15, -0.1) is 0 Å². The topological polar surface area (TPSA) is 17.1 Å². The van der Waals surface area contributed by atoms with Crippen molar-refractivity contribution in [3.05, 3.63) is 11.6 Å². The quantitative estimate of drug-likeness (QED) is 0.237. The molecule has 0 aliphatic heterocycles. The molecule has 0 aromatic rings. The summed E-state index contributed by atoms with van der Waals surface area (Å²) in [4.78, 5) is 12.4. The molecule has 33 heavy (non-hydrogen) atoms. The van der Waals surface area contributed by atoms with Gasteiger partial charge in [0.15, 0.2) is 0 Å². The number of hydrogen-bond donors (Lipinski definition) is 0. The number of ketones is 1. The minimum Gasteiger partial charge on any atom is -0.300 e. The Hall–Kier alpha value is -0.590. The van der Waals surface area contributed by atoms with Crippen LogP contribution in [0, 0.1) is 46.3 Å². The Morgan fingerprint density at radius 1 is 1.03 bits per heavy atom. The molecule has 0 spiro atoms. The Kier molecular flexibility index (Phi) is 8.17. The standard InChI is InChI=1S/C32H54O/c1-6-7-12-27(33)22-24-17-19-32(5)26(21-24)13-15-28-29-16-14-25(11-9-8-10-23(2)3)31(29,4)20-18-30(28)32/h13,23-25,28-30H,6-12,14-22H2,1-5H3. The summed E-state index contributed by atoms with van der Waals surface area (Å²) in [5, 5.41) is 0. The van der Waals surface area contributed by atoms with E-state index in [0.717, 1.165) is 55.3 Å². The monoisotopic (exact) mass is 454 g/mol. The maximum absolute atomic E-state index is 12.4. The second kappa shape index (κ2) is 10.6. The molecule has 0 radical (unpaired) electrons. The molecule has 0 bridgehead atoms. The SMILES string of the molecule is CCCCC(=O)CC1CCC2(C)C(=CCC3C2CCC2(C)C(CCCCC(C)C)CCC32)C1. The first-order valence-electron chi connectivity index (χ1n) is 15.0. The summed E-state index contributed by atoms with van der Waals surface area (Å²) in [6.45, 7) is 12.3. The van der Waals surface area contributed by atoms with Crippen LogP contribution in [0.15, 0.2) is 11.6 Å². The van der Waals surface area contributed by atoms with E-state index in [4.69, 9.17) is 0 Å². The zero-order valence-electron chi connectivity index (χ0n) is 22.8. The fraction of sp³-hybridized carbons (Fsp3) is 0.906. The molecule has 7 atom stereocenters. The van der Waals surface area contributed by atoms with Crippen molar-refractivity contribution in [1.29, 1.82) is 0 Å². The highest BCUT2D eigenvalue weighted by Gasteiger charge is 2.58. The van der Waals surface area contributed by atoms with Crippen LogP contribution < -0.4 is 0 Å². The molecule has 3 saturated carbocycles. The van der Waals surface area contributed by atoms with Gasteiger partial charge in [-0.1, -0.05) is 72.0 Å². The van der Waals surface area contributed by atoms with Crippen molar-refractivity contribution in [3.63, 3.8) is 0 Å². The lowest BCUT2D eigenvalue weighted by Crippen LogP contribution is -2.50. The van der Waals surface area contributed by atoms with E-state index in [9.17, 15) is 4.79 Å².